The molecule has 0 aliphatic carbocycles. The van der Waals surface area contributed by atoms with E-state index < -0.39 is 5.97 Å². The van der Waals surface area contributed by atoms with Gasteiger partial charge in [0.05, 0.1) is 31.7 Å². The number of pyridine rings is 1. The fourth-order valence-electron chi connectivity index (χ4n) is 2.59. The Kier molecular flexibility index (Phi) is 5.73. The minimum absolute atomic E-state index is 0.0178. The molecule has 2 aromatic heterocycles. The van der Waals surface area contributed by atoms with Gasteiger partial charge in [0.2, 0.25) is 0 Å². The van der Waals surface area contributed by atoms with Gasteiger partial charge < -0.3 is 20.3 Å². The van der Waals surface area contributed by atoms with E-state index in [2.05, 4.69) is 10.1 Å². The largest absolute Gasteiger partial charge is 0.494 e. The van der Waals surface area contributed by atoms with E-state index in [1.165, 1.54) is 36.9 Å². The third-order valence-electron chi connectivity index (χ3n) is 3.80. The Morgan fingerprint density at radius 3 is 2.81 bits per heavy atom. The summed E-state index contributed by atoms with van der Waals surface area (Å²) in [6, 6.07) is 5.06. The molecule has 2 heterocycles. The Balaban J connectivity index is 2.28. The molecule has 0 aliphatic heterocycles. The van der Waals surface area contributed by atoms with Gasteiger partial charge in [0, 0.05) is 34.7 Å². The Bertz CT molecular complexity index is 1010. The molecule has 0 atom stereocenters. The average molecular weight is 409 g/mol. The second-order valence-corrected chi connectivity index (χ2v) is 6.93. The predicted octanol–water partition coefficient (Wildman–Crippen LogP) is 2.54. The van der Waals surface area contributed by atoms with Crippen molar-refractivity contribution >= 4 is 45.9 Å². The molecule has 142 valence electrons. The number of nitrogens with two attached hydrogens (primary N) is 1. The number of aliphatic hydroxyl groups is 1. The summed E-state index contributed by atoms with van der Waals surface area (Å²) in [6.45, 7) is 0.0178. The number of benzene rings is 1. The maximum atomic E-state index is 12.1. The average Bonchev–Trinajstić information content (AvgIpc) is 3.04. The molecule has 1 aromatic carbocycles. The van der Waals surface area contributed by atoms with Crippen LogP contribution in [-0.2, 0) is 4.74 Å². The van der Waals surface area contributed by atoms with Crippen LogP contribution < -0.4 is 10.5 Å². The van der Waals surface area contributed by atoms with Gasteiger partial charge in [-0.05, 0) is 6.07 Å². The molecule has 0 bridgehead atoms. The van der Waals surface area contributed by atoms with Crippen LogP contribution in [0, 0.1) is 0 Å². The van der Waals surface area contributed by atoms with Gasteiger partial charge in [-0.25, -0.2) is 14.5 Å². The number of ether oxygens (including phenoxy) is 2. The lowest BCUT2D eigenvalue weighted by molar-refractivity contribution is 0.0595. The molecular weight excluding hydrogens is 392 g/mol. The van der Waals surface area contributed by atoms with E-state index in [-0.39, 0.29) is 17.5 Å². The van der Waals surface area contributed by atoms with Crippen LogP contribution in [0.2, 0.25) is 5.15 Å². The Labute approximate surface area is 164 Å². The number of hydrogen-bond donors (Lipinski definition) is 2. The zero-order valence-corrected chi connectivity index (χ0v) is 16.2. The Hall–Kier alpha value is -2.49. The van der Waals surface area contributed by atoms with Crippen LogP contribution in [-0.4, -0.2) is 52.4 Å². The third-order valence-corrected chi connectivity index (χ3v) is 5.06. The van der Waals surface area contributed by atoms with Crippen molar-refractivity contribution in [1.29, 1.82) is 0 Å². The number of nitrogen functional groups attached to an aromatic ring is 1. The molecule has 0 radical (unpaired) electrons. The smallest absolute Gasteiger partial charge is 0.359 e. The summed E-state index contributed by atoms with van der Waals surface area (Å²) in [4.78, 5) is 16.9. The number of anilines is 1. The first-order chi connectivity index (χ1) is 13.0. The molecule has 3 rings (SSSR count). The summed E-state index contributed by atoms with van der Waals surface area (Å²) >= 11 is 7.45. The minimum Gasteiger partial charge on any atom is -0.494 e. The van der Waals surface area contributed by atoms with Gasteiger partial charge in [0.1, 0.15) is 16.6 Å². The van der Waals surface area contributed by atoms with E-state index in [4.69, 9.17) is 31.9 Å². The number of aromatic nitrogens is 3. The Morgan fingerprint density at radius 2 is 2.15 bits per heavy atom. The quantitative estimate of drug-likeness (QED) is 0.277. The fraction of sp³-hybridized carbons (Fsp3) is 0.235. The summed E-state index contributed by atoms with van der Waals surface area (Å²) in [6.07, 6.45) is 1.47. The first-order valence-electron chi connectivity index (χ1n) is 7.84. The molecule has 0 amide bonds. The van der Waals surface area contributed by atoms with Crippen LogP contribution in [0.5, 0.6) is 5.75 Å². The van der Waals surface area contributed by atoms with Crippen molar-refractivity contribution in [3.8, 4) is 11.4 Å². The number of nitrogens with zero attached hydrogens (tertiary/aromatic N) is 3. The van der Waals surface area contributed by atoms with E-state index >= 15 is 0 Å². The fourth-order valence-corrected chi connectivity index (χ4v) is 3.48. The van der Waals surface area contributed by atoms with Crippen molar-refractivity contribution < 1.29 is 19.4 Å². The van der Waals surface area contributed by atoms with Crippen LogP contribution in [0.4, 0.5) is 5.69 Å². The van der Waals surface area contributed by atoms with Crippen LogP contribution >= 0.6 is 23.4 Å². The summed E-state index contributed by atoms with van der Waals surface area (Å²) in [5, 5.41) is 14.2. The lowest BCUT2D eigenvalue weighted by Gasteiger charge is -2.14. The number of carbonyl (C=O) groups excluding carboxylic acids is 1. The van der Waals surface area contributed by atoms with E-state index in [9.17, 15) is 4.79 Å². The monoisotopic (exact) mass is 408 g/mol. The number of aliphatic hydroxyl groups excluding tert-OH is 1. The number of halogens is 1. The highest BCUT2D eigenvalue weighted by atomic mass is 35.5. The summed E-state index contributed by atoms with van der Waals surface area (Å²) < 4.78 is 11.8. The topological polar surface area (TPSA) is 112 Å². The number of methoxy groups -OCH3 is 2. The van der Waals surface area contributed by atoms with Crippen molar-refractivity contribution in [2.75, 3.05) is 32.3 Å². The maximum Gasteiger partial charge on any atom is 0.359 e. The van der Waals surface area contributed by atoms with Gasteiger partial charge in [-0.2, -0.15) is 5.10 Å². The molecule has 0 saturated carbocycles. The predicted molar refractivity (Wildman–Crippen MR) is 104 cm³/mol. The van der Waals surface area contributed by atoms with Gasteiger partial charge >= 0.3 is 5.97 Å². The van der Waals surface area contributed by atoms with Crippen molar-refractivity contribution in [2.45, 2.75) is 4.90 Å². The Morgan fingerprint density at radius 1 is 1.37 bits per heavy atom. The highest BCUT2D eigenvalue weighted by Crippen LogP contribution is 2.36. The second kappa shape index (κ2) is 8.03. The second-order valence-electron chi connectivity index (χ2n) is 5.41. The molecule has 0 unspecified atom stereocenters. The van der Waals surface area contributed by atoms with Crippen LogP contribution in [0.25, 0.3) is 16.6 Å². The zero-order chi connectivity index (χ0) is 19.6. The standard InChI is InChI=1S/C17H17ClN4O4S/c1-25-13-5-10(19)14(27-4-3-23)6-12(13)22-11-7-15(18)20-8-9(11)16(21-22)17(24)26-2/h5-8,23H,3-4,19H2,1-2H3. The lowest BCUT2D eigenvalue weighted by atomic mass is 10.2. The van der Waals surface area contributed by atoms with Crippen molar-refractivity contribution in [3.05, 3.63) is 35.2 Å². The first kappa shape index (κ1) is 19.3. The summed E-state index contributed by atoms with van der Waals surface area (Å²) in [5.41, 5.74) is 7.83. The number of rotatable bonds is 6. The highest BCUT2D eigenvalue weighted by molar-refractivity contribution is 7.99. The van der Waals surface area contributed by atoms with Crippen LogP contribution in [0.1, 0.15) is 10.5 Å². The van der Waals surface area contributed by atoms with Gasteiger partial charge in [-0.1, -0.05) is 11.6 Å². The molecule has 8 nitrogen and oxygen atoms in total. The van der Waals surface area contributed by atoms with E-state index in [0.29, 0.717) is 33.8 Å². The molecule has 10 heteroatoms. The zero-order valence-electron chi connectivity index (χ0n) is 14.6. The molecular formula is C17H17ClN4O4S. The summed E-state index contributed by atoms with van der Waals surface area (Å²) in [5.74, 6) is 0.362. The van der Waals surface area contributed by atoms with Gasteiger partial charge in [0.25, 0.3) is 0 Å². The van der Waals surface area contributed by atoms with Gasteiger partial charge in [0.15, 0.2) is 5.69 Å². The van der Waals surface area contributed by atoms with Gasteiger partial charge in [-0.3, -0.25) is 0 Å². The summed E-state index contributed by atoms with van der Waals surface area (Å²) in [7, 11) is 2.80. The lowest BCUT2D eigenvalue weighted by Crippen LogP contribution is -2.06. The number of fused-ring (bicyclic) bond motifs is 1. The van der Waals surface area contributed by atoms with Gasteiger partial charge in [-0.15, -0.1) is 11.8 Å². The number of thioether (sulfide) groups is 1. The van der Waals surface area contributed by atoms with E-state index in [0.717, 1.165) is 4.90 Å². The molecule has 0 aliphatic rings. The molecule has 27 heavy (non-hydrogen) atoms. The molecule has 3 N–H and O–H groups in total. The molecule has 0 saturated heterocycles. The number of carbonyl (C=O) groups is 1. The molecule has 0 fully saturated rings. The van der Waals surface area contributed by atoms with E-state index in [1.807, 2.05) is 0 Å². The SMILES string of the molecule is COC(=O)c1nn(-c2cc(SCCO)c(N)cc2OC)c2cc(Cl)ncc12. The minimum atomic E-state index is -0.591. The normalized spacial score (nSPS) is 11.0. The van der Waals surface area contributed by atoms with Crippen molar-refractivity contribution in [1.82, 2.24) is 14.8 Å². The maximum absolute atomic E-state index is 12.1. The van der Waals surface area contributed by atoms with Crippen LogP contribution in [0.15, 0.2) is 29.3 Å². The molecule has 3 aromatic rings. The third kappa shape index (κ3) is 3.66. The van der Waals surface area contributed by atoms with E-state index in [1.54, 1.807) is 18.2 Å². The van der Waals surface area contributed by atoms with Crippen LogP contribution in [0.3, 0.4) is 0 Å². The highest BCUT2D eigenvalue weighted by Gasteiger charge is 2.22. The number of esters is 1. The first-order valence-corrected chi connectivity index (χ1v) is 9.20. The van der Waals surface area contributed by atoms with Crippen molar-refractivity contribution in [3.63, 3.8) is 0 Å². The number of hydrogen-bond acceptors (Lipinski definition) is 8. The van der Waals surface area contributed by atoms with Crippen molar-refractivity contribution in [2.24, 2.45) is 0 Å². The molecule has 0 spiro atoms.